The third-order valence-electron chi connectivity index (χ3n) is 5.05. The highest BCUT2D eigenvalue weighted by Crippen LogP contribution is 2.25. The van der Waals surface area contributed by atoms with E-state index in [2.05, 4.69) is 53.5 Å². The Labute approximate surface area is 171 Å². The Morgan fingerprint density at radius 2 is 1.93 bits per heavy atom. The lowest BCUT2D eigenvalue weighted by molar-refractivity contribution is 0.248. The molecule has 3 aromatic rings. The van der Waals surface area contributed by atoms with Crippen LogP contribution in [0, 0.1) is 0 Å². The van der Waals surface area contributed by atoms with Crippen molar-refractivity contribution in [2.45, 2.75) is 44.6 Å². The van der Waals surface area contributed by atoms with Crippen molar-refractivity contribution in [3.8, 4) is 0 Å². The number of imidazole rings is 1. The van der Waals surface area contributed by atoms with Crippen molar-refractivity contribution in [3.63, 3.8) is 0 Å². The summed E-state index contributed by atoms with van der Waals surface area (Å²) in [6.45, 7) is 5.06. The molecule has 2 aromatic heterocycles. The second-order valence-corrected chi connectivity index (χ2v) is 10.1. The minimum atomic E-state index is -3.38. The molecule has 0 radical (unpaired) electrons. The minimum absolute atomic E-state index is 0.0518. The van der Waals surface area contributed by atoms with Crippen molar-refractivity contribution in [2.75, 3.05) is 12.8 Å². The Kier molecular flexibility index (Phi) is 6.69. The monoisotopic (exact) mass is 417 g/mol. The van der Waals surface area contributed by atoms with Gasteiger partial charge in [-0.2, -0.15) is 0 Å². The number of hydrogen-bond acceptors (Lipinski definition) is 5. The summed E-state index contributed by atoms with van der Waals surface area (Å²) in [5.41, 5.74) is 2.11. The van der Waals surface area contributed by atoms with Crippen LogP contribution in [0.4, 0.5) is 0 Å². The van der Waals surface area contributed by atoms with Crippen LogP contribution in [0.25, 0.3) is 0 Å². The highest BCUT2D eigenvalue weighted by molar-refractivity contribution is 7.91. The molecule has 0 amide bonds. The second-order valence-electron chi connectivity index (χ2n) is 6.93. The maximum absolute atomic E-state index is 12.6. The fraction of sp³-hybridized carbons (Fsp3) is 0.381. The van der Waals surface area contributed by atoms with Crippen LogP contribution in [0.2, 0.25) is 0 Å². The van der Waals surface area contributed by atoms with Crippen LogP contribution >= 0.6 is 11.3 Å². The summed E-state index contributed by atoms with van der Waals surface area (Å²) < 4.78 is 27.0. The lowest BCUT2D eigenvalue weighted by atomic mass is 10.1. The molecule has 1 atom stereocenters. The number of benzene rings is 1. The van der Waals surface area contributed by atoms with Gasteiger partial charge in [0.15, 0.2) is 0 Å². The van der Waals surface area contributed by atoms with E-state index in [4.69, 9.17) is 0 Å². The first kappa shape index (κ1) is 20.8. The van der Waals surface area contributed by atoms with E-state index >= 15 is 0 Å². The van der Waals surface area contributed by atoms with Crippen LogP contribution in [-0.2, 0) is 29.3 Å². The molecule has 2 heterocycles. The second kappa shape index (κ2) is 9.03. The number of hydrogen-bond donors (Lipinski definition) is 0. The molecule has 0 unspecified atom stereocenters. The summed E-state index contributed by atoms with van der Waals surface area (Å²) in [6.07, 6.45) is 2.48. The van der Waals surface area contributed by atoms with Crippen molar-refractivity contribution in [3.05, 3.63) is 70.2 Å². The number of sulfone groups is 1. The van der Waals surface area contributed by atoms with Gasteiger partial charge in [-0.05, 0) is 37.4 Å². The number of aromatic nitrogens is 2. The molecule has 7 heteroatoms. The van der Waals surface area contributed by atoms with E-state index < -0.39 is 9.84 Å². The van der Waals surface area contributed by atoms with E-state index in [9.17, 15) is 8.42 Å². The van der Waals surface area contributed by atoms with E-state index in [1.165, 1.54) is 10.4 Å². The smallest absolute Gasteiger partial charge is 0.227 e. The summed E-state index contributed by atoms with van der Waals surface area (Å²) in [5.74, 6) is 0.0518. The van der Waals surface area contributed by atoms with E-state index in [1.54, 1.807) is 24.5 Å². The topological polar surface area (TPSA) is 55.2 Å². The summed E-state index contributed by atoms with van der Waals surface area (Å²) in [4.78, 5) is 7.81. The van der Waals surface area contributed by atoms with Crippen LogP contribution in [-0.4, -0.2) is 35.7 Å². The third kappa shape index (κ3) is 4.71. The molecular weight excluding hydrogens is 390 g/mol. The Morgan fingerprint density at radius 1 is 1.18 bits per heavy atom. The summed E-state index contributed by atoms with van der Waals surface area (Å²) in [5, 5.41) is 2.26. The number of aryl methyl sites for hydroxylation is 1. The lowest BCUT2D eigenvalue weighted by Gasteiger charge is -2.24. The van der Waals surface area contributed by atoms with Crippen molar-refractivity contribution in [1.82, 2.24) is 14.5 Å². The Morgan fingerprint density at radius 3 is 2.57 bits per heavy atom. The predicted molar refractivity (Wildman–Crippen MR) is 114 cm³/mol. The van der Waals surface area contributed by atoms with Gasteiger partial charge in [-0.1, -0.05) is 43.3 Å². The molecule has 0 N–H and O–H groups in total. The van der Waals surface area contributed by atoms with Gasteiger partial charge in [-0.3, -0.25) is 4.90 Å². The molecule has 3 rings (SSSR count). The molecule has 0 saturated heterocycles. The Bertz CT molecular complexity index is 980. The summed E-state index contributed by atoms with van der Waals surface area (Å²) >= 11 is 1.73. The minimum Gasteiger partial charge on any atom is -0.317 e. The third-order valence-corrected chi connectivity index (χ3v) is 7.74. The van der Waals surface area contributed by atoms with E-state index in [-0.39, 0.29) is 17.0 Å². The van der Waals surface area contributed by atoms with Gasteiger partial charge in [0.1, 0.15) is 0 Å². The molecule has 0 fully saturated rings. The largest absolute Gasteiger partial charge is 0.317 e. The van der Waals surface area contributed by atoms with Gasteiger partial charge < -0.3 is 4.57 Å². The van der Waals surface area contributed by atoms with Gasteiger partial charge in [0.2, 0.25) is 15.0 Å². The molecule has 0 aliphatic rings. The lowest BCUT2D eigenvalue weighted by Crippen LogP contribution is -2.24. The van der Waals surface area contributed by atoms with Gasteiger partial charge in [-0.25, -0.2) is 13.4 Å². The molecule has 1 aromatic carbocycles. The van der Waals surface area contributed by atoms with Crippen LogP contribution in [0.15, 0.2) is 59.2 Å². The quantitative estimate of drug-likeness (QED) is 0.524. The molecule has 28 heavy (non-hydrogen) atoms. The molecule has 5 nitrogen and oxygen atoms in total. The van der Waals surface area contributed by atoms with Crippen LogP contribution in [0.1, 0.15) is 36.0 Å². The first-order valence-electron chi connectivity index (χ1n) is 9.47. The van der Waals surface area contributed by atoms with Crippen molar-refractivity contribution in [2.24, 2.45) is 0 Å². The zero-order valence-corrected chi connectivity index (χ0v) is 18.2. The number of nitrogens with zero attached hydrogens (tertiary/aromatic N) is 3. The number of rotatable bonds is 9. The van der Waals surface area contributed by atoms with Crippen molar-refractivity contribution >= 4 is 21.2 Å². The van der Waals surface area contributed by atoms with Crippen LogP contribution in [0.3, 0.4) is 0 Å². The summed E-state index contributed by atoms with van der Waals surface area (Å²) in [7, 11) is -1.31. The molecule has 0 aliphatic heterocycles. The van der Waals surface area contributed by atoms with Crippen LogP contribution in [0.5, 0.6) is 0 Å². The highest BCUT2D eigenvalue weighted by atomic mass is 32.2. The van der Waals surface area contributed by atoms with Gasteiger partial charge >= 0.3 is 0 Å². The van der Waals surface area contributed by atoms with E-state index in [1.807, 2.05) is 22.8 Å². The molecule has 0 aliphatic carbocycles. The molecule has 0 spiro atoms. The molecular formula is C21H27N3O2S2. The average molecular weight is 418 g/mol. The summed E-state index contributed by atoms with van der Waals surface area (Å²) in [6, 6.07) is 14.6. The first-order valence-corrected chi connectivity index (χ1v) is 12.0. The van der Waals surface area contributed by atoms with Gasteiger partial charge in [0.25, 0.3) is 0 Å². The first-order chi connectivity index (χ1) is 13.4. The maximum Gasteiger partial charge on any atom is 0.227 e. The fourth-order valence-corrected chi connectivity index (χ4v) is 5.02. The van der Waals surface area contributed by atoms with Crippen molar-refractivity contribution in [1.29, 1.82) is 0 Å². The fourth-order valence-electron chi connectivity index (χ4n) is 3.16. The molecule has 0 bridgehead atoms. The predicted octanol–water partition coefficient (Wildman–Crippen LogP) is 4.17. The van der Waals surface area contributed by atoms with Gasteiger partial charge in [-0.15, -0.1) is 11.3 Å². The Hall–Kier alpha value is -1.96. The van der Waals surface area contributed by atoms with Gasteiger partial charge in [0.05, 0.1) is 17.6 Å². The van der Waals surface area contributed by atoms with E-state index in [0.29, 0.717) is 13.1 Å². The van der Waals surface area contributed by atoms with Crippen molar-refractivity contribution < 1.29 is 8.42 Å². The van der Waals surface area contributed by atoms with Crippen LogP contribution < -0.4 is 0 Å². The SMILES string of the molecule is CCS(=O)(=O)c1ncc(CN(C)[C@@H](C)c2cccs2)n1CCc1ccccc1. The van der Waals surface area contributed by atoms with Gasteiger partial charge in [0, 0.05) is 24.0 Å². The Balaban J connectivity index is 1.85. The number of thiophene rings is 1. The van der Waals surface area contributed by atoms with E-state index in [0.717, 1.165) is 12.1 Å². The molecule has 150 valence electrons. The standard InChI is InChI=1S/C21H27N3O2S2/c1-4-28(25,26)21-22-15-19(16-23(3)17(2)20-11-8-14-27-20)24(21)13-12-18-9-6-5-7-10-18/h5-11,14-15,17H,4,12-13,16H2,1-3H3/t17-/m0/s1. The normalized spacial score (nSPS) is 13.1. The maximum atomic E-state index is 12.6. The highest BCUT2D eigenvalue weighted by Gasteiger charge is 2.23. The average Bonchev–Trinajstić information content (AvgIpc) is 3.37. The zero-order chi connectivity index (χ0) is 20.1. The zero-order valence-electron chi connectivity index (χ0n) is 16.6. The molecule has 0 saturated carbocycles.